The predicted octanol–water partition coefficient (Wildman–Crippen LogP) is 3.67. The van der Waals surface area contributed by atoms with Gasteiger partial charge in [-0.25, -0.2) is 9.98 Å². The molecule has 1 aliphatic rings. The number of aromatic nitrogens is 1. The van der Waals surface area contributed by atoms with E-state index < -0.39 is 0 Å². The van der Waals surface area contributed by atoms with Gasteiger partial charge in [0.25, 0.3) is 0 Å². The van der Waals surface area contributed by atoms with Crippen LogP contribution in [0.2, 0.25) is 0 Å². The van der Waals surface area contributed by atoms with Gasteiger partial charge in [-0.15, -0.1) is 24.0 Å². The number of likely N-dealkylation sites (tertiary alicyclic amines) is 1. The highest BCUT2D eigenvalue weighted by atomic mass is 127. The minimum absolute atomic E-state index is 0. The molecule has 0 radical (unpaired) electrons. The maximum absolute atomic E-state index is 5.67. The molecule has 0 spiro atoms. The number of benzene rings is 1. The first kappa shape index (κ1) is 26.2. The second-order valence-electron chi connectivity index (χ2n) is 7.96. The van der Waals surface area contributed by atoms with E-state index >= 15 is 0 Å². The number of halogens is 1. The van der Waals surface area contributed by atoms with Crippen LogP contribution in [0.3, 0.4) is 0 Å². The summed E-state index contributed by atoms with van der Waals surface area (Å²) in [4.78, 5) is 13.9. The fourth-order valence-corrected chi connectivity index (χ4v) is 4.09. The van der Waals surface area contributed by atoms with Crippen molar-refractivity contribution in [1.82, 2.24) is 20.5 Å². The van der Waals surface area contributed by atoms with Gasteiger partial charge in [-0.3, -0.25) is 4.90 Å². The first-order valence-corrected chi connectivity index (χ1v) is 11.1. The minimum atomic E-state index is 0. The molecule has 1 aromatic carbocycles. The third-order valence-electron chi connectivity index (χ3n) is 5.59. The lowest BCUT2D eigenvalue weighted by atomic mass is 10.0. The number of rotatable bonds is 9. The molecule has 0 saturated carbocycles. The summed E-state index contributed by atoms with van der Waals surface area (Å²) in [6.45, 7) is 6.45. The second-order valence-corrected chi connectivity index (χ2v) is 7.96. The Bertz CT molecular complexity index is 854. The number of ether oxygens (including phenoxy) is 1. The van der Waals surface area contributed by atoms with Gasteiger partial charge in [0.05, 0.1) is 19.7 Å². The topological polar surface area (TPSA) is 65.0 Å². The van der Waals surface area contributed by atoms with Crippen molar-refractivity contribution in [3.05, 3.63) is 53.7 Å². The van der Waals surface area contributed by atoms with Crippen LogP contribution < -0.4 is 20.3 Å². The Morgan fingerprint density at radius 3 is 2.59 bits per heavy atom. The molecule has 3 rings (SSSR count). The van der Waals surface area contributed by atoms with Gasteiger partial charge in [0.2, 0.25) is 0 Å². The normalized spacial score (nSPS) is 15.1. The maximum Gasteiger partial charge on any atom is 0.191 e. The molecule has 2 N–H and O–H groups in total. The van der Waals surface area contributed by atoms with Gasteiger partial charge >= 0.3 is 0 Å². The van der Waals surface area contributed by atoms with Crippen molar-refractivity contribution in [3.63, 3.8) is 0 Å². The Hall–Kier alpha value is -2.07. The molecule has 0 bridgehead atoms. The summed E-state index contributed by atoms with van der Waals surface area (Å²) >= 11 is 0. The number of aliphatic imine (C=N–C) groups is 1. The second kappa shape index (κ2) is 13.5. The molecule has 32 heavy (non-hydrogen) atoms. The van der Waals surface area contributed by atoms with E-state index in [-0.39, 0.29) is 30.0 Å². The molecule has 2 aromatic rings. The Morgan fingerprint density at radius 1 is 1.16 bits per heavy atom. The summed E-state index contributed by atoms with van der Waals surface area (Å²) in [5, 5.41) is 6.96. The molecule has 0 amide bonds. The molecule has 1 saturated heterocycles. The van der Waals surface area contributed by atoms with Crippen molar-refractivity contribution in [3.8, 4) is 5.75 Å². The molecule has 1 atom stereocenters. The molecule has 176 valence electrons. The number of para-hydroxylation sites is 1. The number of anilines is 1. The first-order chi connectivity index (χ1) is 15.1. The van der Waals surface area contributed by atoms with E-state index in [2.05, 4.69) is 45.6 Å². The summed E-state index contributed by atoms with van der Waals surface area (Å²) in [5.41, 5.74) is 2.32. The van der Waals surface area contributed by atoms with E-state index in [4.69, 9.17) is 9.73 Å². The van der Waals surface area contributed by atoms with E-state index in [1.165, 1.54) is 18.4 Å². The fourth-order valence-electron chi connectivity index (χ4n) is 4.09. The Morgan fingerprint density at radius 2 is 1.91 bits per heavy atom. The molecular weight excluding hydrogens is 515 g/mol. The van der Waals surface area contributed by atoms with E-state index in [9.17, 15) is 0 Å². The number of hydrogen-bond acceptors (Lipinski definition) is 5. The quantitative estimate of drug-likeness (QED) is 0.281. The van der Waals surface area contributed by atoms with Crippen LogP contribution in [0.4, 0.5) is 5.82 Å². The van der Waals surface area contributed by atoms with Gasteiger partial charge < -0.3 is 20.3 Å². The van der Waals surface area contributed by atoms with E-state index in [0.29, 0.717) is 6.54 Å². The average molecular weight is 553 g/mol. The molecule has 1 aromatic heterocycles. The Labute approximate surface area is 209 Å². The minimum Gasteiger partial charge on any atom is -0.496 e. The fraction of sp³-hybridized carbons (Fsp3) is 0.500. The van der Waals surface area contributed by atoms with Crippen LogP contribution >= 0.6 is 24.0 Å². The molecular formula is C24H37IN6O. The van der Waals surface area contributed by atoms with Crippen LogP contribution in [0.25, 0.3) is 0 Å². The zero-order valence-corrected chi connectivity index (χ0v) is 22.0. The molecule has 2 heterocycles. The van der Waals surface area contributed by atoms with Crippen LogP contribution in [0.5, 0.6) is 5.75 Å². The standard InChI is InChI=1S/C24H36N6O.HI/c1-5-25-24(27-17-19-11-10-14-26-23(19)29(2)3)28-18-21(30-15-8-9-16-30)20-12-6-7-13-22(20)31-4;/h6-7,10-14,21H,5,8-9,15-18H2,1-4H3,(H2,25,27,28);1H. The third-order valence-corrected chi connectivity index (χ3v) is 5.59. The van der Waals surface area contributed by atoms with Crippen LogP contribution in [-0.2, 0) is 6.54 Å². The maximum atomic E-state index is 5.67. The molecule has 7 nitrogen and oxygen atoms in total. The lowest BCUT2D eigenvalue weighted by Gasteiger charge is -2.30. The monoisotopic (exact) mass is 552 g/mol. The van der Waals surface area contributed by atoms with Crippen molar-refractivity contribution in [2.45, 2.75) is 32.4 Å². The van der Waals surface area contributed by atoms with Gasteiger partial charge in [0, 0.05) is 44.5 Å². The predicted molar refractivity (Wildman–Crippen MR) is 143 cm³/mol. The van der Waals surface area contributed by atoms with Gasteiger partial charge in [0.15, 0.2) is 5.96 Å². The number of guanidine groups is 1. The highest BCUT2D eigenvalue weighted by molar-refractivity contribution is 14.0. The van der Waals surface area contributed by atoms with Crippen molar-refractivity contribution >= 4 is 35.8 Å². The van der Waals surface area contributed by atoms with Gasteiger partial charge in [0.1, 0.15) is 11.6 Å². The van der Waals surface area contributed by atoms with E-state index in [0.717, 1.165) is 49.3 Å². The Kier molecular flexibility index (Phi) is 11.0. The summed E-state index contributed by atoms with van der Waals surface area (Å²) < 4.78 is 5.67. The number of nitrogens with zero attached hydrogens (tertiary/aromatic N) is 4. The largest absolute Gasteiger partial charge is 0.496 e. The van der Waals surface area contributed by atoms with E-state index in [1.54, 1.807) is 7.11 Å². The first-order valence-electron chi connectivity index (χ1n) is 11.1. The van der Waals surface area contributed by atoms with Gasteiger partial charge in [-0.1, -0.05) is 24.3 Å². The summed E-state index contributed by atoms with van der Waals surface area (Å²) in [6.07, 6.45) is 4.31. The molecule has 1 unspecified atom stereocenters. The lowest BCUT2D eigenvalue weighted by molar-refractivity contribution is 0.239. The van der Waals surface area contributed by atoms with Crippen LogP contribution in [0, 0.1) is 0 Å². The Balaban J connectivity index is 0.00000363. The zero-order chi connectivity index (χ0) is 22.1. The van der Waals surface area contributed by atoms with Gasteiger partial charge in [-0.2, -0.15) is 0 Å². The number of pyridine rings is 1. The lowest BCUT2D eigenvalue weighted by Crippen LogP contribution is -2.42. The smallest absolute Gasteiger partial charge is 0.191 e. The van der Waals surface area contributed by atoms with Crippen LogP contribution in [0.1, 0.15) is 36.9 Å². The molecule has 1 fully saturated rings. The molecule has 0 aliphatic carbocycles. The third kappa shape index (κ3) is 6.96. The van der Waals surface area contributed by atoms with E-state index in [1.807, 2.05) is 43.4 Å². The van der Waals surface area contributed by atoms with Crippen LogP contribution in [0.15, 0.2) is 47.6 Å². The van der Waals surface area contributed by atoms with Crippen molar-refractivity contribution in [2.24, 2.45) is 4.99 Å². The highest BCUT2D eigenvalue weighted by Crippen LogP contribution is 2.31. The van der Waals surface area contributed by atoms with Crippen LogP contribution in [-0.4, -0.2) is 63.2 Å². The number of nitrogens with one attached hydrogen (secondary N) is 2. The summed E-state index contributed by atoms with van der Waals surface area (Å²) in [6, 6.07) is 12.6. The highest BCUT2D eigenvalue weighted by Gasteiger charge is 2.26. The van der Waals surface area contributed by atoms with Gasteiger partial charge in [-0.05, 0) is 45.0 Å². The zero-order valence-electron chi connectivity index (χ0n) is 19.7. The average Bonchev–Trinajstić information content (AvgIpc) is 3.32. The SMILES string of the molecule is CCNC(=NCc1cccnc1N(C)C)NCC(c1ccccc1OC)N1CCCC1.I. The summed E-state index contributed by atoms with van der Waals surface area (Å²) in [7, 11) is 5.76. The van der Waals surface area contributed by atoms with Crippen molar-refractivity contribution in [2.75, 3.05) is 52.3 Å². The molecule has 8 heteroatoms. The molecule has 1 aliphatic heterocycles. The number of hydrogen-bond donors (Lipinski definition) is 2. The van der Waals surface area contributed by atoms with Crippen molar-refractivity contribution in [1.29, 1.82) is 0 Å². The summed E-state index contributed by atoms with van der Waals surface area (Å²) in [5.74, 6) is 2.70. The van der Waals surface area contributed by atoms with Crippen molar-refractivity contribution < 1.29 is 4.74 Å². The number of methoxy groups -OCH3 is 1.